The van der Waals surface area contributed by atoms with E-state index in [9.17, 15) is 14.4 Å². The van der Waals surface area contributed by atoms with E-state index in [0.717, 1.165) is 5.56 Å². The molecule has 5 heteroatoms. The van der Waals surface area contributed by atoms with E-state index in [1.165, 1.54) is 9.80 Å². The van der Waals surface area contributed by atoms with Crippen LogP contribution in [0.1, 0.15) is 32.3 Å². The number of imide groups is 1. The summed E-state index contributed by atoms with van der Waals surface area (Å²) in [5.41, 5.74) is 1.94. The van der Waals surface area contributed by atoms with E-state index in [1.807, 2.05) is 24.3 Å². The topological polar surface area (TPSA) is 57.7 Å². The zero-order chi connectivity index (χ0) is 16.0. The molecule has 2 aliphatic heterocycles. The van der Waals surface area contributed by atoms with Crippen LogP contribution < -0.4 is 0 Å². The number of carbonyl (C=O) groups is 3. The van der Waals surface area contributed by atoms with Crippen molar-refractivity contribution in [2.24, 2.45) is 0 Å². The van der Waals surface area contributed by atoms with Crippen molar-refractivity contribution in [3.63, 3.8) is 0 Å². The fourth-order valence-corrected chi connectivity index (χ4v) is 3.27. The Morgan fingerprint density at radius 2 is 1.65 bits per heavy atom. The fraction of sp³-hybridized carbons (Fsp3) is 0.167. The first kappa shape index (κ1) is 13.7. The lowest BCUT2D eigenvalue weighted by Crippen LogP contribution is -2.40. The molecule has 0 radical (unpaired) electrons. The first-order chi connectivity index (χ1) is 11.2. The SMILES string of the molecule is O=C1CN2C(=O)N(C(=O)c3ccccc3)CC2c2ccccc21. The summed E-state index contributed by atoms with van der Waals surface area (Å²) in [5, 5.41) is 0. The van der Waals surface area contributed by atoms with Gasteiger partial charge in [0.25, 0.3) is 5.91 Å². The van der Waals surface area contributed by atoms with Crippen LogP contribution >= 0.6 is 0 Å². The highest BCUT2D eigenvalue weighted by molar-refractivity contribution is 6.08. The molecular weight excluding hydrogens is 292 g/mol. The number of ketones is 1. The largest absolute Gasteiger partial charge is 0.328 e. The number of hydrogen-bond acceptors (Lipinski definition) is 3. The third-order valence-electron chi connectivity index (χ3n) is 4.41. The summed E-state index contributed by atoms with van der Waals surface area (Å²) < 4.78 is 0. The maximum absolute atomic E-state index is 12.6. The Hall–Kier alpha value is -2.95. The molecule has 0 aromatic heterocycles. The number of fused-ring (bicyclic) bond motifs is 3. The second-order valence-corrected chi connectivity index (χ2v) is 5.72. The summed E-state index contributed by atoms with van der Waals surface area (Å²) in [4.78, 5) is 40.1. The number of Topliss-reactive ketones (excluding diaryl/α,β-unsaturated/α-hetero) is 1. The minimum atomic E-state index is -0.397. The van der Waals surface area contributed by atoms with Crippen molar-refractivity contribution in [2.75, 3.05) is 13.1 Å². The van der Waals surface area contributed by atoms with Crippen LogP contribution in [-0.4, -0.2) is 40.6 Å². The molecular formula is C18H14N2O3. The third kappa shape index (κ3) is 2.04. The molecule has 2 aromatic carbocycles. The van der Waals surface area contributed by atoms with E-state index in [2.05, 4.69) is 0 Å². The molecule has 1 saturated heterocycles. The number of carbonyl (C=O) groups excluding carboxylic acids is 3. The Balaban J connectivity index is 1.70. The van der Waals surface area contributed by atoms with Crippen LogP contribution in [0.3, 0.4) is 0 Å². The molecule has 114 valence electrons. The number of amides is 3. The number of nitrogens with zero attached hydrogens (tertiary/aromatic N) is 2. The lowest BCUT2D eigenvalue weighted by molar-refractivity contribution is 0.0815. The average molecular weight is 306 g/mol. The number of urea groups is 1. The average Bonchev–Trinajstić information content (AvgIpc) is 2.92. The van der Waals surface area contributed by atoms with E-state index in [0.29, 0.717) is 11.1 Å². The van der Waals surface area contributed by atoms with Gasteiger partial charge in [0.1, 0.15) is 0 Å². The van der Waals surface area contributed by atoms with Gasteiger partial charge in [-0.3, -0.25) is 14.5 Å². The monoisotopic (exact) mass is 306 g/mol. The van der Waals surface area contributed by atoms with Crippen molar-refractivity contribution in [3.8, 4) is 0 Å². The smallest absolute Gasteiger partial charge is 0.308 e. The molecule has 1 unspecified atom stereocenters. The van der Waals surface area contributed by atoms with Gasteiger partial charge < -0.3 is 4.90 Å². The van der Waals surface area contributed by atoms with E-state index >= 15 is 0 Å². The maximum atomic E-state index is 12.6. The van der Waals surface area contributed by atoms with Crippen molar-refractivity contribution in [3.05, 3.63) is 71.3 Å². The van der Waals surface area contributed by atoms with Crippen LogP contribution in [0.2, 0.25) is 0 Å². The Labute approximate surface area is 133 Å². The lowest BCUT2D eigenvalue weighted by atomic mass is 9.93. The van der Waals surface area contributed by atoms with Crippen LogP contribution in [0, 0.1) is 0 Å². The summed E-state index contributed by atoms with van der Waals surface area (Å²) >= 11 is 0. The molecule has 0 bridgehead atoms. The van der Waals surface area contributed by atoms with Crippen molar-refractivity contribution in [2.45, 2.75) is 6.04 Å². The summed E-state index contributed by atoms with van der Waals surface area (Å²) in [7, 11) is 0. The predicted octanol–water partition coefficient (Wildman–Crippen LogP) is 2.50. The minimum absolute atomic E-state index is 0.0269. The van der Waals surface area contributed by atoms with E-state index < -0.39 is 6.03 Å². The van der Waals surface area contributed by atoms with Gasteiger partial charge in [-0.05, 0) is 17.7 Å². The quantitative estimate of drug-likeness (QED) is 0.813. The molecule has 0 spiro atoms. The van der Waals surface area contributed by atoms with Crippen LogP contribution in [0.4, 0.5) is 4.79 Å². The van der Waals surface area contributed by atoms with Gasteiger partial charge in [0, 0.05) is 11.1 Å². The van der Waals surface area contributed by atoms with Crippen LogP contribution in [0.25, 0.3) is 0 Å². The highest BCUT2D eigenvalue weighted by Gasteiger charge is 2.45. The molecule has 3 amide bonds. The maximum Gasteiger partial charge on any atom is 0.328 e. The molecule has 0 saturated carbocycles. The standard InChI is InChI=1S/C18H14N2O3/c21-16-11-19-15(13-8-4-5-9-14(13)16)10-20(18(19)23)17(22)12-6-2-1-3-7-12/h1-9,15H,10-11H2. The van der Waals surface area contributed by atoms with Crippen molar-refractivity contribution >= 4 is 17.7 Å². The second kappa shape index (κ2) is 5.05. The van der Waals surface area contributed by atoms with Gasteiger partial charge in [0.2, 0.25) is 0 Å². The molecule has 2 aliphatic rings. The van der Waals surface area contributed by atoms with E-state index in [-0.39, 0.29) is 30.8 Å². The summed E-state index contributed by atoms with van der Waals surface area (Å²) in [6, 6.07) is 15.4. The summed E-state index contributed by atoms with van der Waals surface area (Å²) in [5.74, 6) is -0.408. The number of benzene rings is 2. The zero-order valence-electron chi connectivity index (χ0n) is 12.3. The predicted molar refractivity (Wildman–Crippen MR) is 83.1 cm³/mol. The minimum Gasteiger partial charge on any atom is -0.308 e. The van der Waals surface area contributed by atoms with E-state index in [1.54, 1.807) is 30.3 Å². The van der Waals surface area contributed by atoms with Crippen molar-refractivity contribution in [1.82, 2.24) is 9.80 Å². The van der Waals surface area contributed by atoms with Crippen molar-refractivity contribution < 1.29 is 14.4 Å². The first-order valence-electron chi connectivity index (χ1n) is 7.46. The number of hydrogen-bond donors (Lipinski definition) is 0. The zero-order valence-corrected chi connectivity index (χ0v) is 12.3. The molecule has 5 nitrogen and oxygen atoms in total. The van der Waals surface area contributed by atoms with Gasteiger partial charge in [-0.25, -0.2) is 4.79 Å². The summed E-state index contributed by atoms with van der Waals surface area (Å²) in [6.07, 6.45) is 0. The third-order valence-corrected chi connectivity index (χ3v) is 4.41. The number of rotatable bonds is 1. The Bertz CT molecular complexity index is 816. The highest BCUT2D eigenvalue weighted by atomic mass is 16.2. The first-order valence-corrected chi connectivity index (χ1v) is 7.46. The summed E-state index contributed by atoms with van der Waals surface area (Å²) in [6.45, 7) is 0.302. The molecule has 4 rings (SSSR count). The van der Waals surface area contributed by atoms with Gasteiger partial charge in [-0.2, -0.15) is 0 Å². The van der Waals surface area contributed by atoms with E-state index in [4.69, 9.17) is 0 Å². The molecule has 2 heterocycles. The van der Waals surface area contributed by atoms with Gasteiger partial charge in [0.15, 0.2) is 5.78 Å². The molecule has 23 heavy (non-hydrogen) atoms. The molecule has 0 N–H and O–H groups in total. The van der Waals surface area contributed by atoms with Crippen LogP contribution in [0.15, 0.2) is 54.6 Å². The Morgan fingerprint density at radius 3 is 2.43 bits per heavy atom. The van der Waals surface area contributed by atoms with Gasteiger partial charge in [-0.15, -0.1) is 0 Å². The molecule has 2 aromatic rings. The Morgan fingerprint density at radius 1 is 0.957 bits per heavy atom. The van der Waals surface area contributed by atoms with Gasteiger partial charge in [-0.1, -0.05) is 42.5 Å². The normalized spacial score (nSPS) is 19.6. The molecule has 1 atom stereocenters. The van der Waals surface area contributed by atoms with Crippen molar-refractivity contribution in [1.29, 1.82) is 0 Å². The van der Waals surface area contributed by atoms with Crippen LogP contribution in [-0.2, 0) is 0 Å². The lowest BCUT2D eigenvalue weighted by Gasteiger charge is -2.29. The van der Waals surface area contributed by atoms with Gasteiger partial charge in [0.05, 0.1) is 19.1 Å². The molecule has 1 fully saturated rings. The van der Waals surface area contributed by atoms with Gasteiger partial charge >= 0.3 is 6.03 Å². The highest BCUT2D eigenvalue weighted by Crippen LogP contribution is 2.36. The van der Waals surface area contributed by atoms with Crippen LogP contribution in [0.5, 0.6) is 0 Å². The second-order valence-electron chi connectivity index (χ2n) is 5.72. The fourth-order valence-electron chi connectivity index (χ4n) is 3.27. The molecule has 0 aliphatic carbocycles. The Kier molecular flexibility index (Phi) is 3.01.